The molecule has 0 bridgehead atoms. The molecule has 0 saturated heterocycles. The molecule has 0 aromatic carbocycles. The molecule has 0 saturated carbocycles. The first-order valence-corrected chi connectivity index (χ1v) is 3.54. The maximum Gasteiger partial charge on any atom is 0.148 e. The van der Waals surface area contributed by atoms with Crippen molar-refractivity contribution in [3.05, 3.63) is 11.6 Å². The molecule has 0 N–H and O–H groups in total. The molecule has 0 aliphatic carbocycles. The summed E-state index contributed by atoms with van der Waals surface area (Å²) in [6.45, 7) is 3.91. The quantitative estimate of drug-likeness (QED) is 0.513. The highest BCUT2D eigenvalue weighted by atomic mass is 16.5. The van der Waals surface area contributed by atoms with Crippen molar-refractivity contribution in [1.82, 2.24) is 0 Å². The topological polar surface area (TPSA) is 26.3 Å². The zero-order valence-corrected chi connectivity index (χ0v) is 6.33. The van der Waals surface area contributed by atoms with Crippen LogP contribution in [-0.2, 0) is 9.53 Å². The largest absolute Gasteiger partial charge is 0.370 e. The minimum Gasteiger partial charge on any atom is -0.370 e. The maximum atomic E-state index is 10.3. The van der Waals surface area contributed by atoms with E-state index in [9.17, 15) is 4.79 Å². The lowest BCUT2D eigenvalue weighted by atomic mass is 10.1. The molecule has 2 heteroatoms. The molecule has 1 heterocycles. The van der Waals surface area contributed by atoms with Gasteiger partial charge in [-0.1, -0.05) is 6.08 Å². The Labute approximate surface area is 60.9 Å². The van der Waals surface area contributed by atoms with Crippen molar-refractivity contribution in [2.45, 2.75) is 32.5 Å². The van der Waals surface area contributed by atoms with Gasteiger partial charge in [0.1, 0.15) is 6.29 Å². The Morgan fingerprint density at radius 1 is 1.70 bits per heavy atom. The lowest BCUT2D eigenvalue weighted by molar-refractivity contribution is -0.106. The normalized spacial score (nSPS) is 33.2. The van der Waals surface area contributed by atoms with Crippen LogP contribution in [0.15, 0.2) is 11.6 Å². The monoisotopic (exact) mass is 140 g/mol. The summed E-state index contributed by atoms with van der Waals surface area (Å²) in [6.07, 6.45) is 3.93. The summed E-state index contributed by atoms with van der Waals surface area (Å²) in [5.74, 6) is 0. The van der Waals surface area contributed by atoms with E-state index in [2.05, 4.69) is 0 Å². The van der Waals surface area contributed by atoms with Gasteiger partial charge in [0.25, 0.3) is 0 Å². The predicted octanol–water partition coefficient (Wildman–Crippen LogP) is 1.31. The number of carbonyl (C=O) groups is 1. The van der Waals surface area contributed by atoms with Gasteiger partial charge in [-0.05, 0) is 20.3 Å². The van der Waals surface area contributed by atoms with Crippen LogP contribution in [-0.4, -0.2) is 18.5 Å². The molecule has 0 spiro atoms. The maximum absolute atomic E-state index is 10.3. The van der Waals surface area contributed by atoms with Crippen molar-refractivity contribution in [3.8, 4) is 0 Å². The third-order valence-electron chi connectivity index (χ3n) is 1.73. The minimum absolute atomic E-state index is 0.0127. The van der Waals surface area contributed by atoms with E-state index in [-0.39, 0.29) is 12.2 Å². The third-order valence-corrected chi connectivity index (χ3v) is 1.73. The second-order valence-corrected chi connectivity index (χ2v) is 2.65. The fraction of sp³-hybridized carbons (Fsp3) is 0.625. The number of ether oxygens (including phenoxy) is 1. The standard InChI is InChI=1S/C8H12O2/c1-6-3-4-8(5-9)7(2)10-6/h4-7H,3H2,1-2H3. The van der Waals surface area contributed by atoms with Gasteiger partial charge in [0, 0.05) is 5.57 Å². The Kier molecular flexibility index (Phi) is 2.22. The van der Waals surface area contributed by atoms with Crippen LogP contribution >= 0.6 is 0 Å². The molecule has 1 aliphatic heterocycles. The summed E-state index contributed by atoms with van der Waals surface area (Å²) in [5.41, 5.74) is 0.776. The van der Waals surface area contributed by atoms with Crippen molar-refractivity contribution in [2.24, 2.45) is 0 Å². The number of hydrogen-bond acceptors (Lipinski definition) is 2. The fourth-order valence-electron chi connectivity index (χ4n) is 1.09. The van der Waals surface area contributed by atoms with Gasteiger partial charge in [-0.2, -0.15) is 0 Å². The van der Waals surface area contributed by atoms with Crippen LogP contribution in [0.25, 0.3) is 0 Å². The molecule has 0 aromatic rings. The number of carbonyl (C=O) groups excluding carboxylic acids is 1. The lowest BCUT2D eigenvalue weighted by Crippen LogP contribution is -2.23. The molecule has 10 heavy (non-hydrogen) atoms. The van der Waals surface area contributed by atoms with Gasteiger partial charge in [0.2, 0.25) is 0 Å². The summed E-state index contributed by atoms with van der Waals surface area (Å²) in [4.78, 5) is 10.3. The highest BCUT2D eigenvalue weighted by Gasteiger charge is 2.16. The molecule has 1 rings (SSSR count). The molecular weight excluding hydrogens is 128 g/mol. The smallest absolute Gasteiger partial charge is 0.148 e. The molecule has 0 fully saturated rings. The second-order valence-electron chi connectivity index (χ2n) is 2.65. The Hall–Kier alpha value is -0.630. The number of aldehydes is 1. The van der Waals surface area contributed by atoms with Crippen molar-refractivity contribution >= 4 is 6.29 Å². The zero-order chi connectivity index (χ0) is 7.56. The SMILES string of the molecule is CC1CC=C(C=O)C(C)O1. The van der Waals surface area contributed by atoms with Gasteiger partial charge in [0.15, 0.2) is 0 Å². The second kappa shape index (κ2) is 2.97. The molecular formula is C8H12O2. The van der Waals surface area contributed by atoms with Crippen molar-refractivity contribution < 1.29 is 9.53 Å². The van der Waals surface area contributed by atoms with Gasteiger partial charge >= 0.3 is 0 Å². The highest BCUT2D eigenvalue weighted by Crippen LogP contribution is 2.16. The summed E-state index contributed by atoms with van der Waals surface area (Å²) in [6, 6.07) is 0. The Bertz CT molecular complexity index is 161. The van der Waals surface area contributed by atoms with Crippen molar-refractivity contribution in [3.63, 3.8) is 0 Å². The van der Waals surface area contributed by atoms with E-state index in [0.717, 1.165) is 18.3 Å². The first kappa shape index (κ1) is 7.48. The zero-order valence-electron chi connectivity index (χ0n) is 6.33. The number of hydrogen-bond donors (Lipinski definition) is 0. The predicted molar refractivity (Wildman–Crippen MR) is 38.8 cm³/mol. The summed E-state index contributed by atoms with van der Waals surface area (Å²) < 4.78 is 5.39. The molecule has 2 unspecified atom stereocenters. The van der Waals surface area contributed by atoms with Crippen LogP contribution in [0.2, 0.25) is 0 Å². The van der Waals surface area contributed by atoms with E-state index in [1.807, 2.05) is 19.9 Å². The van der Waals surface area contributed by atoms with E-state index >= 15 is 0 Å². The Balaban J connectivity index is 2.65. The van der Waals surface area contributed by atoms with E-state index < -0.39 is 0 Å². The van der Waals surface area contributed by atoms with E-state index in [0.29, 0.717) is 0 Å². The van der Waals surface area contributed by atoms with Gasteiger partial charge in [-0.15, -0.1) is 0 Å². The van der Waals surface area contributed by atoms with Gasteiger partial charge < -0.3 is 4.74 Å². The summed E-state index contributed by atoms with van der Waals surface area (Å²) in [5, 5.41) is 0. The first-order valence-electron chi connectivity index (χ1n) is 3.54. The number of rotatable bonds is 1. The average Bonchev–Trinajstić information content (AvgIpc) is 1.88. The van der Waals surface area contributed by atoms with Gasteiger partial charge in [0.05, 0.1) is 12.2 Å². The Morgan fingerprint density at radius 2 is 2.40 bits per heavy atom. The molecule has 1 aliphatic rings. The Morgan fingerprint density at radius 3 is 2.90 bits per heavy atom. The highest BCUT2D eigenvalue weighted by molar-refractivity contribution is 5.74. The molecule has 0 aromatic heterocycles. The van der Waals surface area contributed by atoms with E-state index in [1.165, 1.54) is 0 Å². The molecule has 56 valence electrons. The first-order chi connectivity index (χ1) is 4.74. The van der Waals surface area contributed by atoms with Crippen molar-refractivity contribution in [1.29, 1.82) is 0 Å². The summed E-state index contributed by atoms with van der Waals surface area (Å²) >= 11 is 0. The van der Waals surface area contributed by atoms with Crippen LogP contribution in [0.4, 0.5) is 0 Å². The third kappa shape index (κ3) is 1.45. The fourth-order valence-corrected chi connectivity index (χ4v) is 1.09. The van der Waals surface area contributed by atoms with Crippen LogP contribution in [0.1, 0.15) is 20.3 Å². The lowest BCUT2D eigenvalue weighted by Gasteiger charge is -2.23. The summed E-state index contributed by atoms with van der Waals surface area (Å²) in [7, 11) is 0. The van der Waals surface area contributed by atoms with E-state index in [4.69, 9.17) is 4.74 Å². The van der Waals surface area contributed by atoms with E-state index in [1.54, 1.807) is 0 Å². The van der Waals surface area contributed by atoms with Crippen LogP contribution < -0.4 is 0 Å². The minimum atomic E-state index is -0.0127. The molecule has 0 amide bonds. The van der Waals surface area contributed by atoms with Crippen LogP contribution in [0.5, 0.6) is 0 Å². The molecule has 0 radical (unpaired) electrons. The van der Waals surface area contributed by atoms with Crippen LogP contribution in [0, 0.1) is 0 Å². The van der Waals surface area contributed by atoms with Crippen molar-refractivity contribution in [2.75, 3.05) is 0 Å². The van der Waals surface area contributed by atoms with Gasteiger partial charge in [-0.25, -0.2) is 0 Å². The van der Waals surface area contributed by atoms with Gasteiger partial charge in [-0.3, -0.25) is 4.79 Å². The average molecular weight is 140 g/mol. The molecule has 2 atom stereocenters. The molecule has 2 nitrogen and oxygen atoms in total. The van der Waals surface area contributed by atoms with Crippen LogP contribution in [0.3, 0.4) is 0 Å².